The highest BCUT2D eigenvalue weighted by molar-refractivity contribution is 9.09. The van der Waals surface area contributed by atoms with Crippen molar-refractivity contribution in [2.75, 3.05) is 4.90 Å². The van der Waals surface area contributed by atoms with Gasteiger partial charge in [0.2, 0.25) is 5.91 Å². The van der Waals surface area contributed by atoms with E-state index in [-0.39, 0.29) is 5.91 Å². The van der Waals surface area contributed by atoms with Gasteiger partial charge in [0.1, 0.15) is 0 Å². The summed E-state index contributed by atoms with van der Waals surface area (Å²) in [5.74, 6) is 0.903. The molecule has 3 heteroatoms. The molecule has 1 heterocycles. The Labute approximate surface area is 143 Å². The highest BCUT2D eigenvalue weighted by Crippen LogP contribution is 2.34. The normalized spacial score (nSPS) is 18.6. The van der Waals surface area contributed by atoms with E-state index in [1.54, 1.807) is 0 Å². The standard InChI is InChI=1S/C19H28BrNO/c1-5-6-7-19(22)21-14(4)10-16-11-15(8-9-18(16)21)12-17(20)13(2)3/h8-9,11,13-14,17H,5-7,10,12H2,1-4H3. The number of hydrogen-bond acceptors (Lipinski definition) is 1. The first kappa shape index (κ1) is 17.5. The number of carbonyl (C=O) groups excluding carboxylic acids is 1. The van der Waals surface area contributed by atoms with Crippen LogP contribution in [-0.4, -0.2) is 16.8 Å². The van der Waals surface area contributed by atoms with Crippen LogP contribution in [0.25, 0.3) is 0 Å². The number of carbonyl (C=O) groups is 1. The van der Waals surface area contributed by atoms with E-state index in [0.29, 0.717) is 23.2 Å². The number of nitrogens with zero attached hydrogens (tertiary/aromatic N) is 1. The fourth-order valence-electron chi connectivity index (χ4n) is 3.10. The Hall–Kier alpha value is -0.830. The van der Waals surface area contributed by atoms with Gasteiger partial charge in [0.05, 0.1) is 0 Å². The number of benzene rings is 1. The molecular weight excluding hydrogens is 338 g/mol. The van der Waals surface area contributed by atoms with E-state index in [9.17, 15) is 4.79 Å². The zero-order valence-electron chi connectivity index (χ0n) is 14.2. The molecule has 0 spiro atoms. The summed E-state index contributed by atoms with van der Waals surface area (Å²) in [4.78, 5) is 15.0. The topological polar surface area (TPSA) is 20.3 Å². The minimum Gasteiger partial charge on any atom is -0.309 e. The third-order valence-corrected chi connectivity index (χ3v) is 5.91. The molecule has 0 saturated carbocycles. The first-order chi connectivity index (χ1) is 10.4. The largest absolute Gasteiger partial charge is 0.309 e. The molecule has 0 N–H and O–H groups in total. The maximum atomic E-state index is 12.4. The predicted molar refractivity (Wildman–Crippen MR) is 97.9 cm³/mol. The molecule has 2 atom stereocenters. The molecule has 2 rings (SSSR count). The molecule has 1 aromatic rings. The highest BCUT2D eigenvalue weighted by Gasteiger charge is 2.30. The van der Waals surface area contributed by atoms with Crippen LogP contribution in [0.3, 0.4) is 0 Å². The summed E-state index contributed by atoms with van der Waals surface area (Å²) in [6.07, 6.45) is 4.74. The predicted octanol–water partition coefficient (Wildman–Crippen LogP) is 5.12. The van der Waals surface area contributed by atoms with Gasteiger partial charge in [0.25, 0.3) is 0 Å². The lowest BCUT2D eigenvalue weighted by Crippen LogP contribution is -2.35. The summed E-state index contributed by atoms with van der Waals surface area (Å²) >= 11 is 3.77. The van der Waals surface area contributed by atoms with Crippen molar-refractivity contribution in [1.29, 1.82) is 0 Å². The Kier molecular flexibility index (Phi) is 6.08. The van der Waals surface area contributed by atoms with Gasteiger partial charge in [-0.05, 0) is 49.3 Å². The van der Waals surface area contributed by atoms with Gasteiger partial charge < -0.3 is 4.90 Å². The maximum absolute atomic E-state index is 12.4. The molecule has 0 radical (unpaired) electrons. The van der Waals surface area contributed by atoms with Crippen LogP contribution in [0.15, 0.2) is 18.2 Å². The van der Waals surface area contributed by atoms with Crippen LogP contribution < -0.4 is 4.90 Å². The van der Waals surface area contributed by atoms with Crippen molar-refractivity contribution in [3.63, 3.8) is 0 Å². The number of halogens is 1. The summed E-state index contributed by atoms with van der Waals surface area (Å²) in [5.41, 5.74) is 3.83. The van der Waals surface area contributed by atoms with Crippen LogP contribution in [0.4, 0.5) is 5.69 Å². The van der Waals surface area contributed by atoms with Crippen molar-refractivity contribution < 1.29 is 4.79 Å². The van der Waals surface area contributed by atoms with E-state index in [1.165, 1.54) is 11.1 Å². The lowest BCUT2D eigenvalue weighted by molar-refractivity contribution is -0.119. The first-order valence-electron chi connectivity index (χ1n) is 8.52. The second kappa shape index (κ2) is 7.63. The minimum atomic E-state index is 0.279. The van der Waals surface area contributed by atoms with Crippen LogP contribution in [0.1, 0.15) is 58.1 Å². The Morgan fingerprint density at radius 2 is 2.14 bits per heavy atom. The van der Waals surface area contributed by atoms with Gasteiger partial charge in [0, 0.05) is 23.0 Å². The average molecular weight is 366 g/mol. The molecule has 122 valence electrons. The third-order valence-electron chi connectivity index (χ3n) is 4.53. The first-order valence-corrected chi connectivity index (χ1v) is 9.43. The number of fused-ring (bicyclic) bond motifs is 1. The molecule has 0 saturated heterocycles. The molecule has 22 heavy (non-hydrogen) atoms. The number of anilines is 1. The van der Waals surface area contributed by atoms with E-state index >= 15 is 0 Å². The Balaban J connectivity index is 2.15. The fraction of sp³-hybridized carbons (Fsp3) is 0.632. The SMILES string of the molecule is CCCCC(=O)N1c2ccc(CC(Br)C(C)C)cc2CC1C. The van der Waals surface area contributed by atoms with E-state index in [4.69, 9.17) is 0 Å². The molecule has 0 aromatic heterocycles. The number of hydrogen-bond donors (Lipinski definition) is 0. The molecule has 1 aliphatic rings. The van der Waals surface area contributed by atoms with Gasteiger partial charge in [-0.2, -0.15) is 0 Å². The molecule has 0 aliphatic carbocycles. The summed E-state index contributed by atoms with van der Waals surface area (Å²) in [6.45, 7) is 8.77. The maximum Gasteiger partial charge on any atom is 0.227 e. The molecule has 2 nitrogen and oxygen atoms in total. The zero-order chi connectivity index (χ0) is 16.3. The molecule has 1 amide bonds. The van der Waals surface area contributed by atoms with Gasteiger partial charge in [-0.3, -0.25) is 4.79 Å². The number of amides is 1. The van der Waals surface area contributed by atoms with Gasteiger partial charge >= 0.3 is 0 Å². The number of alkyl halides is 1. The zero-order valence-corrected chi connectivity index (χ0v) is 15.8. The van der Waals surface area contributed by atoms with Crippen LogP contribution in [-0.2, 0) is 17.6 Å². The molecular formula is C19H28BrNO. The molecule has 2 unspecified atom stereocenters. The summed E-state index contributed by atoms with van der Waals surface area (Å²) < 4.78 is 0. The number of rotatable bonds is 6. The van der Waals surface area contributed by atoms with Gasteiger partial charge in [-0.15, -0.1) is 0 Å². The van der Waals surface area contributed by atoms with E-state index in [2.05, 4.69) is 61.8 Å². The summed E-state index contributed by atoms with van der Waals surface area (Å²) in [7, 11) is 0. The van der Waals surface area contributed by atoms with Gasteiger partial charge in [0.15, 0.2) is 0 Å². The monoisotopic (exact) mass is 365 g/mol. The third kappa shape index (κ3) is 3.92. The van der Waals surface area contributed by atoms with Crippen LogP contribution >= 0.6 is 15.9 Å². The summed E-state index contributed by atoms with van der Waals surface area (Å²) in [5, 5.41) is 0. The molecule has 1 aromatic carbocycles. The van der Waals surface area contributed by atoms with Crippen LogP contribution in [0, 0.1) is 5.92 Å². The summed E-state index contributed by atoms with van der Waals surface area (Å²) in [6, 6.07) is 6.93. The van der Waals surface area contributed by atoms with E-state index < -0.39 is 0 Å². The molecule has 0 bridgehead atoms. The Morgan fingerprint density at radius 3 is 2.77 bits per heavy atom. The molecule has 0 fully saturated rings. The molecule has 1 aliphatic heterocycles. The Bertz CT molecular complexity index is 526. The van der Waals surface area contributed by atoms with Gasteiger partial charge in [-0.1, -0.05) is 55.3 Å². The second-order valence-corrected chi connectivity index (χ2v) is 8.02. The van der Waals surface area contributed by atoms with Crippen molar-refractivity contribution in [2.45, 2.75) is 70.7 Å². The van der Waals surface area contributed by atoms with Crippen LogP contribution in [0.5, 0.6) is 0 Å². The van der Waals surface area contributed by atoms with Crippen molar-refractivity contribution in [1.82, 2.24) is 0 Å². The van der Waals surface area contributed by atoms with E-state index in [0.717, 1.165) is 31.4 Å². The van der Waals surface area contributed by atoms with Crippen molar-refractivity contribution in [3.8, 4) is 0 Å². The van der Waals surface area contributed by atoms with E-state index in [1.807, 2.05) is 4.90 Å². The van der Waals surface area contributed by atoms with Gasteiger partial charge in [-0.25, -0.2) is 0 Å². The average Bonchev–Trinajstić information content (AvgIpc) is 2.79. The van der Waals surface area contributed by atoms with Crippen molar-refractivity contribution >= 4 is 27.5 Å². The lowest BCUT2D eigenvalue weighted by atomic mass is 9.99. The number of unbranched alkanes of at least 4 members (excludes halogenated alkanes) is 1. The Morgan fingerprint density at radius 1 is 1.41 bits per heavy atom. The smallest absolute Gasteiger partial charge is 0.227 e. The second-order valence-electron chi connectivity index (χ2n) is 6.85. The quantitative estimate of drug-likeness (QED) is 0.640. The lowest BCUT2D eigenvalue weighted by Gasteiger charge is -2.23. The van der Waals surface area contributed by atoms with Crippen LogP contribution in [0.2, 0.25) is 0 Å². The fourth-order valence-corrected chi connectivity index (χ4v) is 3.47. The highest BCUT2D eigenvalue weighted by atomic mass is 79.9. The minimum absolute atomic E-state index is 0.279. The van der Waals surface area contributed by atoms with Crippen molar-refractivity contribution in [2.24, 2.45) is 5.92 Å². The van der Waals surface area contributed by atoms with Crippen molar-refractivity contribution in [3.05, 3.63) is 29.3 Å².